The minimum Gasteiger partial charge on any atom is -0.484 e. The molecule has 1 aliphatic heterocycles. The maximum atomic E-state index is 12.3. The predicted molar refractivity (Wildman–Crippen MR) is 474 cm³/mol. The molecular weight excluding hydrogens is 1530 g/mol. The molecule has 119 heavy (non-hydrogen) atoms. The van der Waals surface area contributed by atoms with Gasteiger partial charge in [0, 0.05) is 73.0 Å². The molecule has 0 spiro atoms. The van der Waals surface area contributed by atoms with Crippen LogP contribution in [0.3, 0.4) is 0 Å². The number of likely N-dealkylation sites (N-methyl/N-ethyl adjacent to an activating group) is 2. The lowest BCUT2D eigenvalue weighted by Gasteiger charge is -2.31. The first-order chi connectivity index (χ1) is 53.8. The fourth-order valence-electron chi connectivity index (χ4n) is 11.7. The minimum absolute atomic E-state index is 0. The predicted octanol–water partition coefficient (Wildman–Crippen LogP) is 9.78. The van der Waals surface area contributed by atoms with Gasteiger partial charge in [-0.25, -0.2) is 9.59 Å². The van der Waals surface area contributed by atoms with Crippen LogP contribution in [0.15, 0.2) is 24.3 Å². The average Bonchev–Trinajstić information content (AvgIpc) is 0.845. The minimum atomic E-state index is -0.839. The van der Waals surface area contributed by atoms with Crippen LogP contribution in [-0.2, 0) is 76.4 Å². The maximum absolute atomic E-state index is 12.3. The lowest BCUT2D eigenvalue weighted by molar-refractivity contribution is -0.161. The molecule has 33 heteroatoms. The number of benzene rings is 1. The number of esters is 5. The summed E-state index contributed by atoms with van der Waals surface area (Å²) >= 11 is 0. The smallest absolute Gasteiger partial charge is 0.397 e. The topological polar surface area (TPSA) is 473 Å². The second-order valence-electron chi connectivity index (χ2n) is 31.4. The van der Waals surface area contributed by atoms with E-state index in [0.29, 0.717) is 81.5 Å². The van der Waals surface area contributed by atoms with E-state index in [9.17, 15) is 52.7 Å². The molecule has 0 bridgehead atoms. The van der Waals surface area contributed by atoms with Crippen molar-refractivity contribution in [3.05, 3.63) is 24.3 Å². The van der Waals surface area contributed by atoms with E-state index in [4.69, 9.17) is 64.5 Å². The number of hydrogen-bond donors (Lipinski definition) is 5. The largest absolute Gasteiger partial charge is 0.484 e. The third kappa shape index (κ3) is 67.3. The Balaban J connectivity index is -0.000000216. The molecule has 0 unspecified atom stereocenters. The Morgan fingerprint density at radius 1 is 0.387 bits per heavy atom. The molecule has 0 saturated carbocycles. The molecule has 1 saturated heterocycles. The number of ether oxygens (including phenoxy) is 7. The number of carbonyl (C=O) groups is 11. The van der Waals surface area contributed by atoms with Crippen LogP contribution >= 0.6 is 0 Å². The van der Waals surface area contributed by atoms with Crippen LogP contribution in [0.2, 0.25) is 23.3 Å². The van der Waals surface area contributed by atoms with Crippen LogP contribution < -0.4 is 36.1 Å². The lowest BCUT2D eigenvalue weighted by Crippen LogP contribution is -2.42. The highest BCUT2D eigenvalue weighted by molar-refractivity contribution is 6.32. The summed E-state index contributed by atoms with van der Waals surface area (Å²) in [4.78, 5) is 130. The van der Waals surface area contributed by atoms with Crippen LogP contribution in [0.1, 0.15) is 291 Å². The average molecular weight is 1690 g/mol. The normalized spacial score (nSPS) is 14.8. The van der Waals surface area contributed by atoms with E-state index in [-0.39, 0.29) is 210 Å². The molecule has 686 valence electrons. The first-order valence-corrected chi connectivity index (χ1v) is 42.6. The molecule has 1 fully saturated rings. The van der Waals surface area contributed by atoms with E-state index < -0.39 is 17.8 Å². The van der Waals surface area contributed by atoms with Gasteiger partial charge in [0.05, 0.1) is 50.6 Å². The molecule has 0 aromatic heterocycles. The molecule has 1 aliphatic rings. The number of piperidine rings is 1. The number of hydrogen-bond acceptors (Lipinski definition) is 18. The van der Waals surface area contributed by atoms with Crippen molar-refractivity contribution >= 4 is 96.7 Å². The monoisotopic (exact) mass is 1690 g/mol. The summed E-state index contributed by atoms with van der Waals surface area (Å²) in [5.74, 6) is -0.639. The maximum Gasteiger partial charge on any atom is 0.397 e. The van der Waals surface area contributed by atoms with Crippen molar-refractivity contribution in [2.45, 2.75) is 345 Å². The molecule has 1 heterocycles. The van der Waals surface area contributed by atoms with Gasteiger partial charge in [-0.2, -0.15) is 0 Å². The van der Waals surface area contributed by atoms with Gasteiger partial charge < -0.3 is 92.0 Å². The van der Waals surface area contributed by atoms with Crippen molar-refractivity contribution in [2.24, 2.45) is 41.4 Å². The van der Waals surface area contributed by atoms with E-state index in [1.54, 1.807) is 50.3 Å². The van der Waals surface area contributed by atoms with Crippen molar-refractivity contribution in [2.75, 3.05) is 61.0 Å². The third-order valence-electron chi connectivity index (χ3n) is 20.1. The van der Waals surface area contributed by atoms with Crippen molar-refractivity contribution in [3.8, 4) is 11.5 Å². The molecule has 29 nitrogen and oxygen atoms in total. The number of nitrogens with zero attached hydrogens (tertiary/aromatic N) is 1. The van der Waals surface area contributed by atoms with Gasteiger partial charge in [0.1, 0.15) is 42.0 Å². The van der Waals surface area contributed by atoms with Gasteiger partial charge in [0.15, 0.2) is 13.2 Å². The van der Waals surface area contributed by atoms with Crippen LogP contribution in [0, 0.1) is 41.4 Å². The molecule has 14 atom stereocenters. The van der Waals surface area contributed by atoms with Crippen molar-refractivity contribution in [1.82, 2.24) is 31.5 Å². The first kappa shape index (κ1) is 128. The second kappa shape index (κ2) is 78.3. The van der Waals surface area contributed by atoms with Crippen LogP contribution in [0.4, 0.5) is 0 Å². The lowest BCUT2D eigenvalue weighted by atomic mass is 9.81. The number of nitrogens with one attached hydrogen (secondary N) is 5. The van der Waals surface area contributed by atoms with Crippen molar-refractivity contribution in [3.63, 3.8) is 0 Å². The van der Waals surface area contributed by atoms with Crippen molar-refractivity contribution in [1.29, 1.82) is 0 Å². The van der Waals surface area contributed by atoms with Gasteiger partial charge in [0.25, 0.3) is 5.91 Å². The van der Waals surface area contributed by atoms with E-state index in [0.717, 1.165) is 44.9 Å². The van der Waals surface area contributed by atoms with Gasteiger partial charge in [-0.3, -0.25) is 43.2 Å². The summed E-state index contributed by atoms with van der Waals surface area (Å²) in [6.07, 6.45) is 20.8. The molecule has 2 rings (SSSR count). The molecular formula is C86H162B4N6O23. The summed E-state index contributed by atoms with van der Waals surface area (Å²) < 4.78 is 38.0. The van der Waals surface area contributed by atoms with E-state index >= 15 is 0 Å². The molecule has 8 radical (unpaired) electrons. The molecule has 0 aliphatic carbocycles. The van der Waals surface area contributed by atoms with Crippen LogP contribution in [-0.4, -0.2) is 221 Å². The Hall–Kier alpha value is -6.95. The Kier molecular flexibility index (Phi) is 84.0. The highest BCUT2D eigenvalue weighted by Crippen LogP contribution is 2.27. The zero-order valence-electron chi connectivity index (χ0n) is 76.8. The Labute approximate surface area is 721 Å². The van der Waals surface area contributed by atoms with Gasteiger partial charge in [0.2, 0.25) is 23.6 Å². The summed E-state index contributed by atoms with van der Waals surface area (Å²) in [7, 11) is 29.2. The number of carbonyl (C=O) groups excluding carboxylic acids is 11. The number of likely N-dealkylation sites (tertiary alicyclic amines) is 1. The van der Waals surface area contributed by atoms with Crippen LogP contribution in [0.5, 0.6) is 11.5 Å². The molecule has 6 amide bonds. The van der Waals surface area contributed by atoms with Gasteiger partial charge in [-0.1, -0.05) is 224 Å². The molecule has 15 N–H and O–H groups in total. The fraction of sp³-hybridized carbons (Fsp3) is 0.802. The number of amides is 6. The van der Waals surface area contributed by atoms with E-state index in [1.165, 1.54) is 58.4 Å². The summed E-state index contributed by atoms with van der Waals surface area (Å²) in [5, 5.41) is 12.8. The second-order valence-corrected chi connectivity index (χ2v) is 31.4. The fourth-order valence-corrected chi connectivity index (χ4v) is 11.7. The van der Waals surface area contributed by atoms with E-state index in [1.807, 2.05) is 62.3 Å². The standard InChI is InChI=1S/C24H47NO3.C19H33BN2O4.C19H28BNO5.C13H24BNO3.C11H20BNO3.5H2O/c1-6-8-9-10-11-12-13-14-15-18-25-23(26)16-17-24(27)28-22(19-20(3)4)21(5)7-2;1-5-13(2)16(12-14(3)20)26-18(24)7-6-17(23)22-10-8-15(9-11-22)19(25)21-4;1-5-13(2)17(10-14(3)20)26-19(23)12-25-16-8-6-15(7-9-16)24-11-18(22)21-4;1-5-9(2)11(8-10(3)14)18-13(17)7-6-12(16)15-4;1-5-7(2)9(6-8(3)12)16-11(15)10(14)13-4;;;;;/h20-22H,6-19H2,1-5H3,(H,25,26);13-16H,5-12H2,1-4H3,(H,21,25);6-9,13-14,17H,5,10-12H2,1-4H3,(H,21,22);9-11H,5-8H2,1-4H3,(H,15,16);7-9H,5-6H2,1-4H3,(H,13,14);5*1H2/t21-,22-;13-,14-,16-;13-,14-,17-;9-,10-,11-;7-,8-,9-;;;;;/m11111...../s1. The molecule has 1 aromatic rings. The van der Waals surface area contributed by atoms with Crippen LogP contribution in [0.25, 0.3) is 0 Å². The van der Waals surface area contributed by atoms with E-state index in [2.05, 4.69) is 82.0 Å². The number of unbranched alkanes of at least 4 members (excludes halogenated alkanes) is 8. The SMILES string of the molecule is CCCCCCCCCCCNC(=O)CCC(=O)O[C@H](CC(C)C)[C@H](C)CC.O.O.O.O.O.[B][C@H](C)C[C@@H](OC(=O)C(=O)NC)[C@H](C)CC.[B][C@H](C)C[C@@H](OC(=O)CCC(=O)N1CCC(C(=O)NC)CC1)[C@H](C)CC.[B][C@H](C)C[C@@H](OC(=O)CCC(=O)NC)[C@H](C)CC.[B][C@H](C)C[C@@H](OC(=O)COc1ccc(OCC(=O)NC)cc1)[C@H](C)CC. The zero-order valence-corrected chi connectivity index (χ0v) is 76.8. The zero-order chi connectivity index (χ0) is 87.3. The summed E-state index contributed by atoms with van der Waals surface area (Å²) in [6, 6.07) is 6.67. The molecule has 1 aromatic carbocycles. The van der Waals surface area contributed by atoms with Gasteiger partial charge >= 0.3 is 35.8 Å². The number of rotatable bonds is 51. The third-order valence-corrected chi connectivity index (χ3v) is 20.1. The highest BCUT2D eigenvalue weighted by Gasteiger charge is 2.30. The Morgan fingerprint density at radius 2 is 0.714 bits per heavy atom. The first-order valence-electron chi connectivity index (χ1n) is 42.6. The van der Waals surface area contributed by atoms with Crippen molar-refractivity contribution < 1.29 is 113 Å². The Bertz CT molecular complexity index is 2790. The quantitative estimate of drug-likeness (QED) is 0.0133. The highest BCUT2D eigenvalue weighted by atomic mass is 16.6. The summed E-state index contributed by atoms with van der Waals surface area (Å²) in [6.45, 7) is 36.2. The Morgan fingerprint density at radius 3 is 1.05 bits per heavy atom. The van der Waals surface area contributed by atoms with Gasteiger partial charge in [-0.05, 0) is 111 Å². The van der Waals surface area contributed by atoms with Gasteiger partial charge in [-0.15, -0.1) is 0 Å². The summed E-state index contributed by atoms with van der Waals surface area (Å²) in [5.41, 5.74) is 0.